The maximum Gasteiger partial charge on any atom is 0.407 e. The van der Waals surface area contributed by atoms with Gasteiger partial charge in [0.25, 0.3) is 0 Å². The van der Waals surface area contributed by atoms with Crippen LogP contribution in [0.4, 0.5) is 13.6 Å². The second-order valence-electron chi connectivity index (χ2n) is 10.2. The summed E-state index contributed by atoms with van der Waals surface area (Å²) in [4.78, 5) is 33.2. The van der Waals surface area contributed by atoms with E-state index in [1.54, 1.807) is 41.5 Å². The molecule has 3 rings (SSSR count). The molecule has 0 saturated heterocycles. The van der Waals surface area contributed by atoms with Crippen molar-refractivity contribution in [2.45, 2.75) is 71.8 Å². The standard InChI is InChI=1S/C24H29F2N7O5/c1-23(2,3)37-19(34)10-16(29-22(35)38-24(4,5)6)13-33-31-20(30-32-33)14-7-8-18(17(26)9-14)36-21-27-11-15(25)12-28-21/h7-9,11-12,16H,10,13H2,1-6H3,(H,29,35)/t16-/m0/s1. The second-order valence-corrected chi connectivity index (χ2v) is 10.2. The molecule has 38 heavy (non-hydrogen) atoms. The van der Waals surface area contributed by atoms with Crippen molar-refractivity contribution in [2.75, 3.05) is 0 Å². The topological polar surface area (TPSA) is 143 Å². The van der Waals surface area contributed by atoms with Crippen molar-refractivity contribution in [1.82, 2.24) is 35.5 Å². The van der Waals surface area contributed by atoms with Gasteiger partial charge in [0.15, 0.2) is 17.4 Å². The number of aromatic nitrogens is 6. The third-order valence-corrected chi connectivity index (χ3v) is 4.38. The molecule has 0 spiro atoms. The highest BCUT2D eigenvalue weighted by atomic mass is 19.1. The summed E-state index contributed by atoms with van der Waals surface area (Å²) in [6.07, 6.45) is 0.878. The first-order valence-corrected chi connectivity index (χ1v) is 11.6. The Balaban J connectivity index is 1.73. The highest BCUT2D eigenvalue weighted by Crippen LogP contribution is 2.26. The van der Waals surface area contributed by atoms with E-state index in [2.05, 4.69) is 30.7 Å². The first kappa shape index (κ1) is 28.3. The molecule has 0 aliphatic rings. The van der Waals surface area contributed by atoms with Gasteiger partial charge in [0.2, 0.25) is 5.82 Å². The number of carbonyl (C=O) groups is 2. The molecule has 0 bridgehead atoms. The number of benzene rings is 1. The van der Waals surface area contributed by atoms with Gasteiger partial charge in [-0.3, -0.25) is 4.79 Å². The molecule has 1 atom stereocenters. The van der Waals surface area contributed by atoms with Crippen molar-refractivity contribution in [2.24, 2.45) is 0 Å². The van der Waals surface area contributed by atoms with Crippen molar-refractivity contribution in [1.29, 1.82) is 0 Å². The molecule has 0 radical (unpaired) electrons. The number of amides is 1. The molecule has 1 amide bonds. The number of nitrogens with zero attached hydrogens (tertiary/aromatic N) is 6. The minimum absolute atomic E-state index is 0.0446. The lowest BCUT2D eigenvalue weighted by molar-refractivity contribution is -0.155. The van der Waals surface area contributed by atoms with E-state index < -0.39 is 40.9 Å². The molecule has 0 aliphatic heterocycles. The van der Waals surface area contributed by atoms with Crippen molar-refractivity contribution >= 4 is 12.1 Å². The summed E-state index contributed by atoms with van der Waals surface area (Å²) in [5, 5.41) is 14.7. The van der Waals surface area contributed by atoms with Crippen LogP contribution in [0.3, 0.4) is 0 Å². The van der Waals surface area contributed by atoms with Crippen molar-refractivity contribution in [3.05, 3.63) is 42.2 Å². The minimum Gasteiger partial charge on any atom is -0.460 e. The number of carbonyl (C=O) groups excluding carboxylic acids is 2. The lowest BCUT2D eigenvalue weighted by atomic mass is 10.1. The lowest BCUT2D eigenvalue weighted by Gasteiger charge is -2.24. The zero-order valence-electron chi connectivity index (χ0n) is 21.9. The number of rotatable bonds is 8. The number of ether oxygens (including phenoxy) is 3. The number of alkyl carbamates (subject to hydrolysis) is 1. The van der Waals surface area contributed by atoms with Crippen LogP contribution in [-0.4, -0.2) is 59.5 Å². The van der Waals surface area contributed by atoms with Gasteiger partial charge in [0.1, 0.15) is 11.2 Å². The van der Waals surface area contributed by atoms with Gasteiger partial charge in [-0.1, -0.05) is 0 Å². The zero-order valence-corrected chi connectivity index (χ0v) is 21.9. The van der Waals surface area contributed by atoms with Gasteiger partial charge in [-0.25, -0.2) is 23.5 Å². The van der Waals surface area contributed by atoms with Gasteiger partial charge in [-0.05, 0) is 65.0 Å². The summed E-state index contributed by atoms with van der Waals surface area (Å²) >= 11 is 0. The predicted molar refractivity (Wildman–Crippen MR) is 129 cm³/mol. The molecule has 0 fully saturated rings. The number of halogens is 2. The maximum atomic E-state index is 14.6. The average molecular weight is 534 g/mol. The number of esters is 1. The van der Waals surface area contributed by atoms with Crippen LogP contribution in [0.25, 0.3) is 11.4 Å². The molecule has 0 aliphatic carbocycles. The predicted octanol–water partition coefficient (Wildman–Crippen LogP) is 3.83. The largest absolute Gasteiger partial charge is 0.460 e. The monoisotopic (exact) mass is 533 g/mol. The number of hydrogen-bond acceptors (Lipinski definition) is 10. The molecular formula is C24H29F2N7O5. The summed E-state index contributed by atoms with van der Waals surface area (Å²) in [5.74, 6) is -2.06. The smallest absolute Gasteiger partial charge is 0.407 e. The van der Waals surface area contributed by atoms with Crippen LogP contribution in [0.15, 0.2) is 30.6 Å². The molecule has 3 aromatic rings. The maximum absolute atomic E-state index is 14.6. The first-order valence-electron chi connectivity index (χ1n) is 11.6. The molecule has 0 unspecified atom stereocenters. The van der Waals surface area contributed by atoms with Gasteiger partial charge in [0.05, 0.1) is 31.4 Å². The van der Waals surface area contributed by atoms with Crippen LogP contribution < -0.4 is 10.1 Å². The van der Waals surface area contributed by atoms with Gasteiger partial charge < -0.3 is 19.5 Å². The minimum atomic E-state index is -0.787. The summed E-state index contributed by atoms with van der Waals surface area (Å²) in [6.45, 7) is 10.3. The van der Waals surface area contributed by atoms with Gasteiger partial charge in [-0.15, -0.1) is 10.2 Å². The van der Waals surface area contributed by atoms with Crippen molar-refractivity contribution in [3.8, 4) is 23.1 Å². The first-order chi connectivity index (χ1) is 17.7. The number of nitrogens with one attached hydrogen (secondary N) is 1. The summed E-state index contributed by atoms with van der Waals surface area (Å²) in [6, 6.07) is 2.91. The molecule has 0 saturated carbocycles. The molecule has 1 N–H and O–H groups in total. The molecule has 2 aromatic heterocycles. The van der Waals surface area contributed by atoms with Crippen molar-refractivity contribution in [3.63, 3.8) is 0 Å². The highest BCUT2D eigenvalue weighted by molar-refractivity contribution is 5.73. The van der Waals surface area contributed by atoms with Gasteiger partial charge in [-0.2, -0.15) is 4.80 Å². The molecular weight excluding hydrogens is 504 g/mol. The number of hydrogen-bond donors (Lipinski definition) is 1. The fourth-order valence-electron chi connectivity index (χ4n) is 3.03. The van der Waals surface area contributed by atoms with E-state index in [4.69, 9.17) is 14.2 Å². The van der Waals surface area contributed by atoms with Crippen LogP contribution >= 0.6 is 0 Å². The quantitative estimate of drug-likeness (QED) is 0.424. The van der Waals surface area contributed by atoms with E-state index >= 15 is 0 Å². The van der Waals surface area contributed by atoms with Gasteiger partial charge in [0, 0.05) is 5.56 Å². The Hall–Kier alpha value is -4.23. The molecule has 14 heteroatoms. The SMILES string of the molecule is CC(C)(C)OC(=O)C[C@@H](Cn1nnc(-c2ccc(Oc3ncc(F)cn3)c(F)c2)n1)NC(=O)OC(C)(C)C. The van der Waals surface area contributed by atoms with E-state index in [9.17, 15) is 18.4 Å². The summed E-state index contributed by atoms with van der Waals surface area (Å²) < 4.78 is 43.5. The number of tetrazole rings is 1. The Kier molecular flexibility index (Phi) is 8.53. The molecule has 12 nitrogen and oxygen atoms in total. The fourth-order valence-corrected chi connectivity index (χ4v) is 3.03. The lowest BCUT2D eigenvalue weighted by Crippen LogP contribution is -2.43. The van der Waals surface area contributed by atoms with Crippen LogP contribution in [-0.2, 0) is 20.8 Å². The Labute approximate surface area is 217 Å². The third kappa shape index (κ3) is 9.01. The van der Waals surface area contributed by atoms with E-state index in [0.29, 0.717) is 0 Å². The fraction of sp³-hybridized carbons (Fsp3) is 0.458. The molecule has 204 valence electrons. The van der Waals surface area contributed by atoms with E-state index in [1.165, 1.54) is 12.1 Å². The molecule has 2 heterocycles. The normalized spacial score (nSPS) is 12.5. The molecule has 1 aromatic carbocycles. The summed E-state index contributed by atoms with van der Waals surface area (Å²) in [7, 11) is 0. The van der Waals surface area contributed by atoms with E-state index in [1.807, 2.05) is 0 Å². The van der Waals surface area contributed by atoms with Crippen LogP contribution in [0.2, 0.25) is 0 Å². The Morgan fingerprint density at radius 1 is 1.03 bits per heavy atom. The van der Waals surface area contributed by atoms with E-state index in [-0.39, 0.29) is 36.1 Å². The van der Waals surface area contributed by atoms with Crippen LogP contribution in [0.5, 0.6) is 11.8 Å². The van der Waals surface area contributed by atoms with Crippen molar-refractivity contribution < 1.29 is 32.6 Å². The Bertz CT molecular complexity index is 1240. The zero-order chi connectivity index (χ0) is 28.1. The average Bonchev–Trinajstić information content (AvgIpc) is 3.22. The second kappa shape index (κ2) is 11.4. The Morgan fingerprint density at radius 2 is 1.68 bits per heavy atom. The summed E-state index contributed by atoms with van der Waals surface area (Å²) in [5.41, 5.74) is -1.18. The van der Waals surface area contributed by atoms with Crippen LogP contribution in [0.1, 0.15) is 48.0 Å². The third-order valence-electron chi connectivity index (χ3n) is 4.38. The van der Waals surface area contributed by atoms with E-state index in [0.717, 1.165) is 23.3 Å². The van der Waals surface area contributed by atoms with Gasteiger partial charge >= 0.3 is 18.1 Å². The van der Waals surface area contributed by atoms with Crippen LogP contribution in [0, 0.1) is 11.6 Å². The highest BCUT2D eigenvalue weighted by Gasteiger charge is 2.25. The Morgan fingerprint density at radius 3 is 2.29 bits per heavy atom.